The van der Waals surface area contributed by atoms with Crippen LogP contribution in [0.1, 0.15) is 59.1 Å². The molecule has 0 bridgehead atoms. The monoisotopic (exact) mass is 366 g/mol. The predicted octanol–water partition coefficient (Wildman–Crippen LogP) is 2.95. The van der Waals surface area contributed by atoms with Crippen LogP contribution in [0.15, 0.2) is 24.3 Å². The van der Waals surface area contributed by atoms with Crippen LogP contribution >= 0.6 is 0 Å². The Balaban J connectivity index is 2.08. The zero-order valence-corrected chi connectivity index (χ0v) is 16.3. The van der Waals surface area contributed by atoms with Gasteiger partial charge in [-0.2, -0.15) is 0 Å². The number of carboxylic acids is 1. The minimum absolute atomic E-state index is 0.0408. The molecular formula is C22H24NO4-. The van der Waals surface area contributed by atoms with Crippen LogP contribution in [-0.4, -0.2) is 18.5 Å². The van der Waals surface area contributed by atoms with Crippen molar-refractivity contribution in [2.24, 2.45) is 0 Å². The molecule has 1 heterocycles. The Hall–Kier alpha value is -2.82. The van der Waals surface area contributed by atoms with Crippen molar-refractivity contribution < 1.29 is 19.4 Å². The Kier molecular flexibility index (Phi) is 4.96. The Morgan fingerprint density at radius 2 is 1.70 bits per heavy atom. The Bertz CT molecular complexity index is 913. The largest absolute Gasteiger partial charge is 0.540 e. The summed E-state index contributed by atoms with van der Waals surface area (Å²) >= 11 is 0. The van der Waals surface area contributed by atoms with Crippen molar-refractivity contribution in [1.82, 2.24) is 0 Å². The van der Waals surface area contributed by atoms with Gasteiger partial charge in [0, 0.05) is 17.2 Å². The second-order valence-corrected chi connectivity index (χ2v) is 7.42. The minimum atomic E-state index is -1.75. The molecule has 142 valence electrons. The minimum Gasteiger partial charge on any atom is -0.540 e. The number of fused-ring (bicyclic) bond motifs is 1. The molecule has 1 aliphatic heterocycles. The third kappa shape index (κ3) is 3.29. The molecule has 0 fully saturated rings. The van der Waals surface area contributed by atoms with Crippen LogP contribution in [-0.2, 0) is 9.59 Å². The number of benzene rings is 2. The standard InChI is InChI=1S/C22H25NO4/c1-11(2)15-6-8-16(9-7-15)17-10-27-20-13(4)12(3)19(14(5)18(17)20)23-21(24)22(25)26/h6-9,11,17H,10H2,1-5H3,(H,23,24)(H,25,26)/p-1. The lowest BCUT2D eigenvalue weighted by Gasteiger charge is -2.20. The Morgan fingerprint density at radius 1 is 1.07 bits per heavy atom. The van der Waals surface area contributed by atoms with Gasteiger partial charge in [-0.05, 0) is 54.5 Å². The molecule has 0 saturated heterocycles. The van der Waals surface area contributed by atoms with Gasteiger partial charge in [0.05, 0.1) is 6.61 Å². The summed E-state index contributed by atoms with van der Waals surface area (Å²) in [7, 11) is 0. The molecule has 0 radical (unpaired) electrons. The van der Waals surface area contributed by atoms with Gasteiger partial charge >= 0.3 is 0 Å². The molecule has 0 aromatic heterocycles. The molecule has 2 aromatic rings. The first-order chi connectivity index (χ1) is 12.7. The summed E-state index contributed by atoms with van der Waals surface area (Å²) in [6, 6.07) is 8.50. The van der Waals surface area contributed by atoms with E-state index in [2.05, 4.69) is 43.4 Å². The Morgan fingerprint density at radius 3 is 2.26 bits per heavy atom. The number of hydrogen-bond donors (Lipinski definition) is 1. The van der Waals surface area contributed by atoms with Gasteiger partial charge < -0.3 is 20.0 Å². The number of aliphatic carboxylic acids is 1. The molecule has 1 atom stereocenters. The van der Waals surface area contributed by atoms with Gasteiger partial charge in [-0.3, -0.25) is 4.79 Å². The molecule has 3 rings (SSSR count). The number of carboxylic acid groups (broad SMARTS) is 1. The fourth-order valence-corrected chi connectivity index (χ4v) is 3.73. The molecule has 5 nitrogen and oxygen atoms in total. The topological polar surface area (TPSA) is 78.5 Å². The second-order valence-electron chi connectivity index (χ2n) is 7.42. The van der Waals surface area contributed by atoms with Crippen molar-refractivity contribution in [3.63, 3.8) is 0 Å². The number of nitrogens with one attached hydrogen (secondary N) is 1. The van der Waals surface area contributed by atoms with Gasteiger partial charge in [0.25, 0.3) is 5.91 Å². The van der Waals surface area contributed by atoms with E-state index in [0.29, 0.717) is 18.2 Å². The van der Waals surface area contributed by atoms with Crippen LogP contribution in [0.4, 0.5) is 5.69 Å². The molecule has 1 N–H and O–H groups in total. The van der Waals surface area contributed by atoms with Crippen molar-refractivity contribution in [3.8, 4) is 5.75 Å². The smallest absolute Gasteiger partial charge is 0.271 e. The highest BCUT2D eigenvalue weighted by atomic mass is 16.5. The van der Waals surface area contributed by atoms with Gasteiger partial charge in [-0.25, -0.2) is 0 Å². The summed E-state index contributed by atoms with van der Waals surface area (Å²) in [5.74, 6) is -1.56. The van der Waals surface area contributed by atoms with Crippen LogP contribution in [0, 0.1) is 20.8 Å². The van der Waals surface area contributed by atoms with Crippen LogP contribution in [0.2, 0.25) is 0 Å². The van der Waals surface area contributed by atoms with E-state index in [0.717, 1.165) is 33.6 Å². The first kappa shape index (κ1) is 19.0. The van der Waals surface area contributed by atoms with Crippen LogP contribution < -0.4 is 15.2 Å². The zero-order chi connectivity index (χ0) is 19.9. The quantitative estimate of drug-likeness (QED) is 0.847. The lowest BCUT2D eigenvalue weighted by atomic mass is 9.85. The fraction of sp³-hybridized carbons (Fsp3) is 0.364. The normalized spacial score (nSPS) is 15.4. The maximum Gasteiger partial charge on any atom is 0.271 e. The highest BCUT2D eigenvalue weighted by Gasteiger charge is 2.32. The molecule has 27 heavy (non-hydrogen) atoms. The summed E-state index contributed by atoms with van der Waals surface area (Å²) < 4.78 is 6.00. The third-order valence-electron chi connectivity index (χ3n) is 5.47. The summed E-state index contributed by atoms with van der Waals surface area (Å²) in [4.78, 5) is 22.5. The van der Waals surface area contributed by atoms with Crippen molar-refractivity contribution in [3.05, 3.63) is 57.6 Å². The molecule has 0 saturated carbocycles. The number of rotatable bonds is 3. The average molecular weight is 366 g/mol. The second kappa shape index (κ2) is 7.06. The third-order valence-corrected chi connectivity index (χ3v) is 5.47. The number of ether oxygens (including phenoxy) is 1. The first-order valence-corrected chi connectivity index (χ1v) is 9.11. The molecule has 1 unspecified atom stereocenters. The van der Waals surface area contributed by atoms with Gasteiger partial charge in [0.1, 0.15) is 11.7 Å². The maximum absolute atomic E-state index is 11.7. The molecular weight excluding hydrogens is 342 g/mol. The van der Waals surface area contributed by atoms with Crippen LogP contribution in [0.25, 0.3) is 0 Å². The van der Waals surface area contributed by atoms with Crippen molar-refractivity contribution in [2.75, 3.05) is 11.9 Å². The average Bonchev–Trinajstić information content (AvgIpc) is 3.08. The number of amides is 1. The summed E-state index contributed by atoms with van der Waals surface area (Å²) in [6.45, 7) is 10.5. The van der Waals surface area contributed by atoms with E-state index >= 15 is 0 Å². The van der Waals surface area contributed by atoms with E-state index in [1.807, 2.05) is 20.8 Å². The lowest BCUT2D eigenvalue weighted by molar-refractivity contribution is -0.299. The van der Waals surface area contributed by atoms with Gasteiger partial charge in [-0.15, -0.1) is 0 Å². The van der Waals surface area contributed by atoms with E-state index in [4.69, 9.17) is 4.74 Å². The molecule has 2 aromatic carbocycles. The van der Waals surface area contributed by atoms with E-state index in [-0.39, 0.29) is 5.92 Å². The van der Waals surface area contributed by atoms with E-state index in [1.54, 1.807) is 0 Å². The first-order valence-electron chi connectivity index (χ1n) is 9.11. The van der Waals surface area contributed by atoms with Gasteiger partial charge in [0.15, 0.2) is 0 Å². The molecule has 0 aliphatic carbocycles. The molecule has 0 spiro atoms. The molecule has 1 aliphatic rings. The highest BCUT2D eigenvalue weighted by molar-refractivity contribution is 6.35. The number of carbonyl (C=O) groups excluding carboxylic acids is 2. The summed E-state index contributed by atoms with van der Waals surface area (Å²) in [5, 5.41) is 13.4. The van der Waals surface area contributed by atoms with Crippen molar-refractivity contribution in [1.29, 1.82) is 0 Å². The lowest BCUT2D eigenvalue weighted by Crippen LogP contribution is -2.36. The summed E-state index contributed by atoms with van der Waals surface area (Å²) in [6.07, 6.45) is 0. The SMILES string of the molecule is Cc1c(C)c2c(c(C)c1NC(=O)C(=O)[O-])C(c1ccc(C(C)C)cc1)CO2. The fourth-order valence-electron chi connectivity index (χ4n) is 3.73. The number of hydrogen-bond acceptors (Lipinski definition) is 4. The zero-order valence-electron chi connectivity index (χ0n) is 16.3. The highest BCUT2D eigenvalue weighted by Crippen LogP contribution is 2.46. The predicted molar refractivity (Wildman–Crippen MR) is 102 cm³/mol. The Labute approximate surface area is 159 Å². The van der Waals surface area contributed by atoms with Crippen molar-refractivity contribution in [2.45, 2.75) is 46.5 Å². The molecule has 5 heteroatoms. The van der Waals surface area contributed by atoms with Gasteiger partial charge in [-0.1, -0.05) is 38.1 Å². The van der Waals surface area contributed by atoms with Crippen LogP contribution in [0.3, 0.4) is 0 Å². The van der Waals surface area contributed by atoms with Crippen molar-refractivity contribution >= 4 is 17.6 Å². The maximum atomic E-state index is 11.7. The molecule has 1 amide bonds. The van der Waals surface area contributed by atoms with Gasteiger partial charge in [0.2, 0.25) is 0 Å². The van der Waals surface area contributed by atoms with Crippen LogP contribution in [0.5, 0.6) is 5.75 Å². The van der Waals surface area contributed by atoms with E-state index in [9.17, 15) is 14.7 Å². The summed E-state index contributed by atoms with van der Waals surface area (Å²) in [5.41, 5.74) is 6.48. The van der Waals surface area contributed by atoms with E-state index in [1.165, 1.54) is 5.56 Å². The number of carbonyl (C=O) groups is 2. The number of anilines is 1. The van der Waals surface area contributed by atoms with E-state index < -0.39 is 11.9 Å².